The summed E-state index contributed by atoms with van der Waals surface area (Å²) in [5, 5.41) is 9.47. The minimum atomic E-state index is 0.587. The van der Waals surface area contributed by atoms with Crippen molar-refractivity contribution < 1.29 is 0 Å². The van der Waals surface area contributed by atoms with E-state index in [9.17, 15) is 0 Å². The number of hydrogen-bond acceptors (Lipinski definition) is 3. The lowest BCUT2D eigenvalue weighted by molar-refractivity contribution is 1.07. The zero-order chi connectivity index (χ0) is 44.0. The van der Waals surface area contributed by atoms with Crippen LogP contribution >= 0.6 is 0 Å². The number of benzene rings is 10. The lowest BCUT2D eigenvalue weighted by atomic mass is 10.0. The largest absolute Gasteiger partial charge is 0.309 e. The summed E-state index contributed by atoms with van der Waals surface area (Å²) in [5.74, 6) is 1.80. The van der Waals surface area contributed by atoms with Gasteiger partial charge < -0.3 is 13.7 Å². The molecule has 4 heterocycles. The molecule has 0 aliphatic rings. The smallest absolute Gasteiger partial charge is 0.164 e. The number of hydrogen-bond donors (Lipinski definition) is 0. The highest BCUT2D eigenvalue weighted by molar-refractivity contribution is 6.11. The Hall–Kier alpha value is -9.13. The van der Waals surface area contributed by atoms with Gasteiger partial charge in [0.15, 0.2) is 17.5 Å². The van der Waals surface area contributed by atoms with Crippen molar-refractivity contribution in [1.29, 1.82) is 0 Å². The summed E-state index contributed by atoms with van der Waals surface area (Å²) in [7, 11) is 0. The van der Waals surface area contributed by atoms with E-state index in [1.807, 2.05) is 0 Å². The maximum absolute atomic E-state index is 5.43. The van der Waals surface area contributed by atoms with Gasteiger partial charge in [0.1, 0.15) is 0 Å². The van der Waals surface area contributed by atoms with Crippen LogP contribution in [0.25, 0.3) is 127 Å². The minimum Gasteiger partial charge on any atom is -0.309 e. The van der Waals surface area contributed by atoms with Gasteiger partial charge in [0, 0.05) is 66.1 Å². The standard InChI is InChI=1S/C61H38N6/c1-2-18-45-39(16-1)17-15-25-52(45)61-63-59(40-32-34-42(35-33-40)65-53-26-9-3-19-46(53)47-20-4-10-27-54(47)65)62-60(64-61)41-36-43(66-55-28-11-5-21-48(55)49-22-6-12-29-56(49)66)38-44(37-41)67-57-30-13-7-23-50(57)51-24-8-14-31-58(51)67/h1-38H. The third kappa shape index (κ3) is 5.80. The maximum atomic E-state index is 5.43. The average Bonchev–Trinajstić information content (AvgIpc) is 4.04. The summed E-state index contributed by atoms with van der Waals surface area (Å²) in [4.78, 5) is 16.2. The van der Waals surface area contributed by atoms with Gasteiger partial charge in [0.25, 0.3) is 0 Å². The van der Waals surface area contributed by atoms with Crippen molar-refractivity contribution in [1.82, 2.24) is 28.7 Å². The van der Waals surface area contributed by atoms with Gasteiger partial charge in [-0.2, -0.15) is 0 Å². The quantitative estimate of drug-likeness (QED) is 0.167. The van der Waals surface area contributed by atoms with Gasteiger partial charge in [-0.25, -0.2) is 15.0 Å². The number of rotatable bonds is 6. The fourth-order valence-corrected chi connectivity index (χ4v) is 10.5. The van der Waals surface area contributed by atoms with Gasteiger partial charge in [0.2, 0.25) is 0 Å². The van der Waals surface area contributed by atoms with Crippen LogP contribution in [0.15, 0.2) is 231 Å². The molecule has 0 fully saturated rings. The first-order valence-electron chi connectivity index (χ1n) is 22.7. The molecule has 4 aromatic heterocycles. The van der Waals surface area contributed by atoms with E-state index >= 15 is 0 Å². The van der Waals surface area contributed by atoms with Crippen LogP contribution in [0.4, 0.5) is 0 Å². The van der Waals surface area contributed by atoms with Crippen molar-refractivity contribution in [3.05, 3.63) is 231 Å². The Balaban J connectivity index is 1.03. The van der Waals surface area contributed by atoms with Crippen molar-refractivity contribution >= 4 is 76.2 Å². The van der Waals surface area contributed by atoms with Gasteiger partial charge in [-0.05, 0) is 89.6 Å². The van der Waals surface area contributed by atoms with E-state index in [0.29, 0.717) is 17.5 Å². The molecule has 0 amide bonds. The predicted molar refractivity (Wildman–Crippen MR) is 277 cm³/mol. The molecule has 0 N–H and O–H groups in total. The molecule has 0 aliphatic heterocycles. The van der Waals surface area contributed by atoms with Crippen molar-refractivity contribution in [3.63, 3.8) is 0 Å². The van der Waals surface area contributed by atoms with Crippen molar-refractivity contribution in [2.24, 2.45) is 0 Å². The first-order chi connectivity index (χ1) is 33.2. The van der Waals surface area contributed by atoms with Gasteiger partial charge in [-0.3, -0.25) is 0 Å². The molecule has 14 aromatic rings. The zero-order valence-electron chi connectivity index (χ0n) is 36.1. The van der Waals surface area contributed by atoms with Gasteiger partial charge in [0.05, 0.1) is 33.1 Å². The minimum absolute atomic E-state index is 0.587. The average molecular weight is 855 g/mol. The first kappa shape index (κ1) is 37.3. The Morgan fingerprint density at radius 1 is 0.239 bits per heavy atom. The highest BCUT2D eigenvalue weighted by atomic mass is 15.1. The third-order valence-electron chi connectivity index (χ3n) is 13.5. The van der Waals surface area contributed by atoms with E-state index in [4.69, 9.17) is 15.0 Å². The van der Waals surface area contributed by atoms with E-state index in [0.717, 1.165) is 66.6 Å². The summed E-state index contributed by atoms with van der Waals surface area (Å²) in [6.45, 7) is 0. The molecule has 14 rings (SSSR count). The summed E-state index contributed by atoms with van der Waals surface area (Å²) in [6.07, 6.45) is 0. The highest BCUT2D eigenvalue weighted by Gasteiger charge is 2.21. The second kappa shape index (κ2) is 14.7. The molecule has 0 radical (unpaired) electrons. The van der Waals surface area contributed by atoms with Gasteiger partial charge >= 0.3 is 0 Å². The summed E-state index contributed by atoms with van der Waals surface area (Å²) in [6, 6.07) is 82.1. The molecule has 0 spiro atoms. The van der Waals surface area contributed by atoms with Crippen LogP contribution in [0, 0.1) is 0 Å². The lowest BCUT2D eigenvalue weighted by Crippen LogP contribution is -2.04. The molecule has 0 unspecified atom stereocenters. The van der Waals surface area contributed by atoms with E-state index in [-0.39, 0.29) is 0 Å². The van der Waals surface area contributed by atoms with Gasteiger partial charge in [-0.15, -0.1) is 0 Å². The molecule has 6 nitrogen and oxygen atoms in total. The fourth-order valence-electron chi connectivity index (χ4n) is 10.5. The molecule has 6 heteroatoms. The summed E-state index contributed by atoms with van der Waals surface area (Å²) >= 11 is 0. The molecule has 0 saturated heterocycles. The van der Waals surface area contributed by atoms with E-state index in [1.165, 1.54) is 43.4 Å². The second-order valence-electron chi connectivity index (χ2n) is 17.2. The van der Waals surface area contributed by atoms with Crippen LogP contribution in [-0.4, -0.2) is 28.7 Å². The Kier molecular flexibility index (Phi) is 8.18. The van der Waals surface area contributed by atoms with Crippen LogP contribution in [0.2, 0.25) is 0 Å². The van der Waals surface area contributed by atoms with Gasteiger partial charge in [-0.1, -0.05) is 152 Å². The van der Waals surface area contributed by atoms with Crippen molar-refractivity contribution in [3.8, 4) is 51.2 Å². The van der Waals surface area contributed by atoms with Crippen LogP contribution in [0.3, 0.4) is 0 Å². The van der Waals surface area contributed by atoms with Crippen LogP contribution in [-0.2, 0) is 0 Å². The molecule has 0 atom stereocenters. The Bertz CT molecular complexity index is 3990. The normalized spacial score (nSPS) is 11.9. The summed E-state index contributed by atoms with van der Waals surface area (Å²) < 4.78 is 7.10. The molecule has 0 bridgehead atoms. The number of aromatic nitrogens is 6. The Morgan fingerprint density at radius 3 is 1.03 bits per heavy atom. The molecular formula is C61H38N6. The number of para-hydroxylation sites is 6. The molecule has 0 aliphatic carbocycles. The zero-order valence-corrected chi connectivity index (χ0v) is 36.1. The van der Waals surface area contributed by atoms with Crippen LogP contribution in [0.1, 0.15) is 0 Å². The topological polar surface area (TPSA) is 53.5 Å². The number of fused-ring (bicyclic) bond motifs is 10. The van der Waals surface area contributed by atoms with E-state index in [1.54, 1.807) is 0 Å². The van der Waals surface area contributed by atoms with Crippen molar-refractivity contribution in [2.75, 3.05) is 0 Å². The molecule has 0 saturated carbocycles. The summed E-state index contributed by atoms with van der Waals surface area (Å²) in [5.41, 5.74) is 12.7. The Morgan fingerprint density at radius 2 is 0.582 bits per heavy atom. The number of nitrogens with zero attached hydrogens (tertiary/aromatic N) is 6. The van der Waals surface area contributed by atoms with Crippen LogP contribution in [0.5, 0.6) is 0 Å². The first-order valence-corrected chi connectivity index (χ1v) is 22.7. The Labute approximate surface area is 384 Å². The monoisotopic (exact) mass is 854 g/mol. The lowest BCUT2D eigenvalue weighted by Gasteiger charge is -2.16. The molecule has 10 aromatic carbocycles. The van der Waals surface area contributed by atoms with Crippen LogP contribution < -0.4 is 0 Å². The molecule has 67 heavy (non-hydrogen) atoms. The van der Waals surface area contributed by atoms with Crippen molar-refractivity contribution in [2.45, 2.75) is 0 Å². The fraction of sp³-hybridized carbons (Fsp3) is 0. The SMILES string of the molecule is c1ccc2c(-c3nc(-c4ccc(-n5c6ccccc6c6ccccc65)cc4)nc(-c4cc(-n5c6ccccc6c6ccccc65)cc(-n5c6ccccc6c6ccccc65)c4)n3)cccc2c1. The highest BCUT2D eigenvalue weighted by Crippen LogP contribution is 2.39. The van der Waals surface area contributed by atoms with E-state index in [2.05, 4.69) is 244 Å². The maximum Gasteiger partial charge on any atom is 0.164 e. The second-order valence-corrected chi connectivity index (χ2v) is 17.2. The third-order valence-corrected chi connectivity index (χ3v) is 13.5. The molecular weight excluding hydrogens is 817 g/mol. The van der Waals surface area contributed by atoms with E-state index < -0.39 is 0 Å². The predicted octanol–water partition coefficient (Wildman–Crippen LogP) is 15.3. The molecule has 312 valence electrons.